The highest BCUT2D eigenvalue weighted by Gasteiger charge is 2.15. The minimum Gasteiger partial charge on any atom is -0.459 e. The molecule has 0 radical (unpaired) electrons. The number of hydrogen-bond donors (Lipinski definition) is 2. The molecule has 0 fully saturated rings. The third-order valence-electron chi connectivity index (χ3n) is 3.14. The standard InChI is InChI=1S/C14H14N2O2/c17-14(13-5-2-8-18-13)16-12-4-1-3-10-6-7-15-9-11(10)12/h1-5,8,15H,6-7,9H2,(H,16,17). The lowest BCUT2D eigenvalue weighted by Crippen LogP contribution is -2.25. The molecule has 0 bridgehead atoms. The van der Waals surface area contributed by atoms with Gasteiger partial charge in [0.15, 0.2) is 5.76 Å². The molecule has 1 aromatic heterocycles. The SMILES string of the molecule is O=C(Nc1cccc2c1CNCC2)c1ccco1. The minimum atomic E-state index is -0.209. The molecule has 0 atom stereocenters. The van der Waals surface area contributed by atoms with Gasteiger partial charge < -0.3 is 15.1 Å². The summed E-state index contributed by atoms with van der Waals surface area (Å²) < 4.78 is 5.08. The Hall–Kier alpha value is -2.07. The van der Waals surface area contributed by atoms with E-state index in [1.54, 1.807) is 12.1 Å². The molecule has 0 saturated heterocycles. The number of anilines is 1. The molecule has 4 nitrogen and oxygen atoms in total. The molecule has 4 heteroatoms. The Balaban J connectivity index is 1.87. The number of hydrogen-bond acceptors (Lipinski definition) is 3. The number of amides is 1. The predicted octanol–water partition coefficient (Wildman–Crippen LogP) is 2.18. The van der Waals surface area contributed by atoms with Gasteiger partial charge in [0.25, 0.3) is 5.91 Å². The van der Waals surface area contributed by atoms with Crippen molar-refractivity contribution in [1.29, 1.82) is 0 Å². The van der Waals surface area contributed by atoms with Gasteiger partial charge in [0.1, 0.15) is 0 Å². The van der Waals surface area contributed by atoms with E-state index in [-0.39, 0.29) is 5.91 Å². The summed E-state index contributed by atoms with van der Waals surface area (Å²) in [4.78, 5) is 11.9. The second-order valence-corrected chi connectivity index (χ2v) is 4.30. The van der Waals surface area contributed by atoms with E-state index >= 15 is 0 Å². The minimum absolute atomic E-state index is 0.209. The molecular weight excluding hydrogens is 228 g/mol. The van der Waals surface area contributed by atoms with Gasteiger partial charge in [0.2, 0.25) is 0 Å². The van der Waals surface area contributed by atoms with Gasteiger partial charge in [-0.1, -0.05) is 12.1 Å². The van der Waals surface area contributed by atoms with Gasteiger partial charge in [0.05, 0.1) is 6.26 Å². The van der Waals surface area contributed by atoms with Crippen molar-refractivity contribution in [3.63, 3.8) is 0 Å². The molecule has 3 rings (SSSR count). The van der Waals surface area contributed by atoms with Crippen LogP contribution in [0.3, 0.4) is 0 Å². The molecule has 92 valence electrons. The van der Waals surface area contributed by atoms with Crippen molar-refractivity contribution in [2.45, 2.75) is 13.0 Å². The van der Waals surface area contributed by atoms with Crippen LogP contribution < -0.4 is 10.6 Å². The van der Waals surface area contributed by atoms with E-state index in [9.17, 15) is 4.79 Å². The lowest BCUT2D eigenvalue weighted by molar-refractivity contribution is 0.0996. The van der Waals surface area contributed by atoms with Crippen LogP contribution in [0.5, 0.6) is 0 Å². The average Bonchev–Trinajstić information content (AvgIpc) is 2.93. The van der Waals surface area contributed by atoms with Crippen molar-refractivity contribution in [2.75, 3.05) is 11.9 Å². The van der Waals surface area contributed by atoms with E-state index in [2.05, 4.69) is 16.7 Å². The van der Waals surface area contributed by atoms with Crippen molar-refractivity contribution >= 4 is 11.6 Å². The first-order chi connectivity index (χ1) is 8.84. The van der Waals surface area contributed by atoms with E-state index in [1.807, 2.05) is 12.1 Å². The first kappa shape index (κ1) is 11.0. The lowest BCUT2D eigenvalue weighted by Gasteiger charge is -2.20. The molecule has 18 heavy (non-hydrogen) atoms. The van der Waals surface area contributed by atoms with Crippen LogP contribution >= 0.6 is 0 Å². The Labute approximate surface area is 105 Å². The van der Waals surface area contributed by atoms with Crippen molar-refractivity contribution in [3.05, 3.63) is 53.5 Å². The van der Waals surface area contributed by atoms with E-state index in [1.165, 1.54) is 17.4 Å². The molecular formula is C14H14N2O2. The van der Waals surface area contributed by atoms with E-state index in [0.29, 0.717) is 5.76 Å². The molecule has 0 saturated carbocycles. The summed E-state index contributed by atoms with van der Waals surface area (Å²) in [6.07, 6.45) is 2.50. The molecule has 0 spiro atoms. The molecule has 2 heterocycles. The summed E-state index contributed by atoms with van der Waals surface area (Å²) in [5, 5.41) is 6.21. The van der Waals surface area contributed by atoms with Crippen molar-refractivity contribution in [2.24, 2.45) is 0 Å². The van der Waals surface area contributed by atoms with Crippen LogP contribution in [-0.2, 0) is 13.0 Å². The summed E-state index contributed by atoms with van der Waals surface area (Å²) in [6.45, 7) is 1.78. The van der Waals surface area contributed by atoms with Crippen LogP contribution in [0.2, 0.25) is 0 Å². The van der Waals surface area contributed by atoms with Gasteiger partial charge in [-0.2, -0.15) is 0 Å². The van der Waals surface area contributed by atoms with Gasteiger partial charge >= 0.3 is 0 Å². The summed E-state index contributed by atoms with van der Waals surface area (Å²) in [7, 11) is 0. The molecule has 1 aromatic carbocycles. The third kappa shape index (κ3) is 2.02. The Morgan fingerprint density at radius 3 is 3.06 bits per heavy atom. The molecule has 2 aromatic rings. The Bertz CT molecular complexity index is 561. The van der Waals surface area contributed by atoms with E-state index in [0.717, 1.165) is 25.2 Å². The van der Waals surface area contributed by atoms with Gasteiger partial charge in [-0.25, -0.2) is 0 Å². The molecule has 0 aliphatic carbocycles. The predicted molar refractivity (Wildman–Crippen MR) is 68.5 cm³/mol. The summed E-state index contributed by atoms with van der Waals surface area (Å²) in [6, 6.07) is 9.37. The lowest BCUT2D eigenvalue weighted by atomic mass is 9.99. The van der Waals surface area contributed by atoms with Crippen LogP contribution in [0.25, 0.3) is 0 Å². The van der Waals surface area contributed by atoms with E-state index < -0.39 is 0 Å². The highest BCUT2D eigenvalue weighted by molar-refractivity contribution is 6.02. The van der Waals surface area contributed by atoms with Crippen LogP contribution in [0.15, 0.2) is 41.0 Å². The average molecular weight is 242 g/mol. The number of rotatable bonds is 2. The van der Waals surface area contributed by atoms with Crippen molar-refractivity contribution in [1.82, 2.24) is 5.32 Å². The quantitative estimate of drug-likeness (QED) is 0.848. The second kappa shape index (κ2) is 4.66. The highest BCUT2D eigenvalue weighted by atomic mass is 16.3. The summed E-state index contributed by atoms with van der Waals surface area (Å²) in [5.74, 6) is 0.121. The number of benzene rings is 1. The number of fused-ring (bicyclic) bond motifs is 1. The maximum absolute atomic E-state index is 11.9. The largest absolute Gasteiger partial charge is 0.459 e. The van der Waals surface area contributed by atoms with Crippen molar-refractivity contribution < 1.29 is 9.21 Å². The summed E-state index contributed by atoms with van der Waals surface area (Å²) >= 11 is 0. The Morgan fingerprint density at radius 2 is 2.22 bits per heavy atom. The van der Waals surface area contributed by atoms with Gasteiger partial charge in [-0.05, 0) is 42.3 Å². The Morgan fingerprint density at radius 1 is 1.28 bits per heavy atom. The fraction of sp³-hybridized carbons (Fsp3) is 0.214. The number of furan rings is 1. The van der Waals surface area contributed by atoms with Crippen LogP contribution in [0.4, 0.5) is 5.69 Å². The monoisotopic (exact) mass is 242 g/mol. The molecule has 0 unspecified atom stereocenters. The van der Waals surface area contributed by atoms with Crippen LogP contribution in [0, 0.1) is 0 Å². The fourth-order valence-corrected chi connectivity index (χ4v) is 2.22. The van der Waals surface area contributed by atoms with Crippen molar-refractivity contribution in [3.8, 4) is 0 Å². The maximum atomic E-state index is 11.9. The zero-order valence-corrected chi connectivity index (χ0v) is 9.90. The molecule has 1 amide bonds. The zero-order chi connectivity index (χ0) is 12.4. The van der Waals surface area contributed by atoms with E-state index in [4.69, 9.17) is 4.42 Å². The number of carbonyl (C=O) groups excluding carboxylic acids is 1. The number of nitrogens with one attached hydrogen (secondary N) is 2. The fourth-order valence-electron chi connectivity index (χ4n) is 2.22. The first-order valence-electron chi connectivity index (χ1n) is 6.01. The Kier molecular flexibility index (Phi) is 2.86. The topological polar surface area (TPSA) is 54.3 Å². The molecule has 1 aliphatic heterocycles. The third-order valence-corrected chi connectivity index (χ3v) is 3.14. The smallest absolute Gasteiger partial charge is 0.291 e. The van der Waals surface area contributed by atoms with Gasteiger partial charge in [-0.3, -0.25) is 4.79 Å². The first-order valence-corrected chi connectivity index (χ1v) is 6.01. The normalized spacial score (nSPS) is 14.0. The summed E-state index contributed by atoms with van der Waals surface area (Å²) in [5.41, 5.74) is 3.33. The van der Waals surface area contributed by atoms with Crippen LogP contribution in [-0.4, -0.2) is 12.5 Å². The highest BCUT2D eigenvalue weighted by Crippen LogP contribution is 2.23. The van der Waals surface area contributed by atoms with Crippen LogP contribution in [0.1, 0.15) is 21.7 Å². The van der Waals surface area contributed by atoms with Gasteiger partial charge in [0, 0.05) is 12.2 Å². The second-order valence-electron chi connectivity index (χ2n) is 4.30. The van der Waals surface area contributed by atoms with Gasteiger partial charge in [-0.15, -0.1) is 0 Å². The zero-order valence-electron chi connectivity index (χ0n) is 9.90. The number of carbonyl (C=O) groups is 1. The molecule has 2 N–H and O–H groups in total. The molecule has 1 aliphatic rings. The maximum Gasteiger partial charge on any atom is 0.291 e.